The molecule has 6 saturated heterocycles. The minimum Gasteiger partial charge on any atom is -0.477 e. The van der Waals surface area contributed by atoms with Crippen LogP contribution in [0.2, 0.25) is 0 Å². The number of aromatic carboxylic acids is 1. The van der Waals surface area contributed by atoms with Crippen LogP contribution in [0.3, 0.4) is 0 Å². The largest absolute Gasteiger partial charge is 0.477 e. The normalized spacial score (nSPS) is 20.5. The first-order valence-electron chi connectivity index (χ1n) is 36.1. The number of nitrogens with one attached hydrogen (secondary N) is 3. The fraction of sp³-hybridized carbons (Fsp3) is 0.722. The third-order valence-electron chi connectivity index (χ3n) is 16.9. The van der Waals surface area contributed by atoms with Crippen molar-refractivity contribution in [3.05, 3.63) is 103 Å². The van der Waals surface area contributed by atoms with Gasteiger partial charge in [-0.25, -0.2) is 50.7 Å². The van der Waals surface area contributed by atoms with Crippen molar-refractivity contribution in [2.45, 2.75) is 166 Å². The van der Waals surface area contributed by atoms with E-state index in [1.54, 1.807) is 29.1 Å². The van der Waals surface area contributed by atoms with Gasteiger partial charge in [-0.3, -0.25) is 38.5 Å². The molecule has 8 N–H and O–H groups in total. The molecule has 2 amide bonds. The Labute approximate surface area is 647 Å². The maximum absolute atomic E-state index is 12.4. The number of ether oxygens (including phenoxy) is 4. The molecule has 0 unspecified atom stereocenters. The molecule has 35 heteroatoms. The van der Waals surface area contributed by atoms with E-state index in [-0.39, 0.29) is 129 Å². The van der Waals surface area contributed by atoms with Crippen LogP contribution in [0, 0.1) is 0 Å². The number of halogens is 9. The highest BCUT2D eigenvalue weighted by Crippen LogP contribution is 2.22. The van der Waals surface area contributed by atoms with E-state index in [1.807, 2.05) is 56.2 Å². The monoisotopic (exact) mass is 1640 g/mol. The van der Waals surface area contributed by atoms with Crippen molar-refractivity contribution >= 4 is 70.8 Å². The number of carbonyl (C=O) groups is 5. The molecule has 26 nitrogen and oxygen atoms in total. The molecule has 6 aliphatic rings. The van der Waals surface area contributed by atoms with Crippen molar-refractivity contribution in [2.75, 3.05) is 171 Å². The van der Waals surface area contributed by atoms with Gasteiger partial charge >= 0.3 is 35.7 Å². The number of rotatable bonds is 18. The molecule has 107 heavy (non-hydrogen) atoms. The number of methoxy groups -OCH3 is 2. The molecule has 9 rings (SSSR count). The minimum absolute atomic E-state index is 0. The number of nitrogens with zero attached hydrogens (tertiary/aromatic N) is 7. The van der Waals surface area contributed by atoms with Crippen LogP contribution < -0.4 is 44.2 Å². The lowest BCUT2D eigenvalue weighted by atomic mass is 10.1. The van der Waals surface area contributed by atoms with Crippen LogP contribution in [0.5, 0.6) is 0 Å². The summed E-state index contributed by atoms with van der Waals surface area (Å²) in [6.07, 6.45) is 15.8. The van der Waals surface area contributed by atoms with Crippen molar-refractivity contribution in [1.82, 2.24) is 49.6 Å². The number of alkyl carbamates (subject to hydrolysis) is 2. The van der Waals surface area contributed by atoms with Crippen LogP contribution in [0.25, 0.3) is 0 Å². The summed E-state index contributed by atoms with van der Waals surface area (Å²) < 4.78 is 98.1. The van der Waals surface area contributed by atoms with Crippen molar-refractivity contribution < 1.29 is 78.8 Å². The van der Waals surface area contributed by atoms with Crippen molar-refractivity contribution in [2.24, 2.45) is 11.5 Å². The molecule has 3 aromatic heterocycles. The van der Waals surface area contributed by atoms with Crippen LogP contribution in [0.4, 0.5) is 35.9 Å². The second-order valence-corrected chi connectivity index (χ2v) is 28.6. The van der Waals surface area contributed by atoms with Gasteiger partial charge in [-0.2, -0.15) is 0 Å². The summed E-state index contributed by atoms with van der Waals surface area (Å²) >= 11 is 2.87. The maximum Gasteiger partial charge on any atom is 0.407 e. The topological polar surface area (TPSA) is 321 Å². The van der Waals surface area contributed by atoms with E-state index in [4.69, 9.17) is 26.0 Å². The number of hydrogen-bond donors (Lipinski definition) is 6. The second kappa shape index (κ2) is 57.2. The van der Waals surface area contributed by atoms with Crippen LogP contribution in [0.1, 0.15) is 162 Å². The number of esters is 2. The Hall–Kier alpha value is -5.88. The van der Waals surface area contributed by atoms with Gasteiger partial charge in [-0.1, -0.05) is 15.9 Å². The molecule has 9 heterocycles. The summed E-state index contributed by atoms with van der Waals surface area (Å²) in [4.78, 5) is 101. The third kappa shape index (κ3) is 43.3. The number of aromatic nitrogens is 2. The predicted molar refractivity (Wildman–Crippen MR) is 411 cm³/mol. The van der Waals surface area contributed by atoms with Gasteiger partial charge in [0.05, 0.1) is 27.2 Å². The average Bonchev–Trinajstić information content (AvgIpc) is 0.819. The molecule has 0 aliphatic carbocycles. The fourth-order valence-corrected chi connectivity index (χ4v) is 12.1. The highest BCUT2D eigenvalue weighted by molar-refractivity contribution is 9.09. The summed E-state index contributed by atoms with van der Waals surface area (Å²) in [5, 5.41) is 18.3. The standard InChI is InChI=1S/C14H19FN2O3.C13H17FN2O3.C12H23FN2O2.C10H20N2O2.2C7H15FN2.C7H6O4.C2H4BrF.2ClH/c1-20-14(19)12-5-3-8-17(13(12)18)11-4-2-7-16(10-11)9-6-15;14-5-8-15-6-1-3-10(9-15)16-7-2-4-11(12(16)17)13(18)19;1-12(2,3)17-11(16)14-10-5-4-7-15(9-10)8-6-13;1-10(2,3)14-9(13)12-8-5-4-6-11-7-8;2*8-3-5-10-4-1-2-7(9)6-10;1-10-6(8)5-3-2-4-11-7(5)9;3-1-2-4;;/h3,5,8,11H,2,4,6-7,9-10H2,1H3;2,4,7,10H,1,3,5-6,8-9H2,(H,18,19);10H,4-9H2,1-3H3,(H,14,16);8,11H,4-7H2,1-3H3,(H,12,13);2*7H,1-6,9H2;2-4H,1H3;1-2H2;2*1H/t11-;2*10-;8-;2*7-;;;;/m111111..../s1. The Bertz CT molecular complexity index is 3090. The van der Waals surface area contributed by atoms with Crippen LogP contribution >= 0.6 is 40.7 Å². The van der Waals surface area contributed by atoms with Gasteiger partial charge < -0.3 is 65.0 Å². The van der Waals surface area contributed by atoms with Crippen molar-refractivity contribution in [3.63, 3.8) is 0 Å². The molecule has 0 spiro atoms. The van der Waals surface area contributed by atoms with Gasteiger partial charge in [-0.15, -0.1) is 24.8 Å². The Balaban J connectivity index is 0.00000123. The Kier molecular flexibility index (Phi) is 54.1. The van der Waals surface area contributed by atoms with E-state index in [0.29, 0.717) is 57.7 Å². The van der Waals surface area contributed by atoms with Crippen molar-refractivity contribution in [1.29, 1.82) is 0 Å². The van der Waals surface area contributed by atoms with Crippen LogP contribution in [0.15, 0.2) is 73.9 Å². The molecular formula is C72H121BrCl2F6N12O14. The predicted octanol–water partition coefficient (Wildman–Crippen LogP) is 8.98. The molecule has 0 aromatic carbocycles. The van der Waals surface area contributed by atoms with Crippen LogP contribution in [-0.2, 0) is 18.9 Å². The highest BCUT2D eigenvalue weighted by atomic mass is 79.9. The molecule has 0 bridgehead atoms. The number of pyridine rings is 2. The van der Waals surface area contributed by atoms with Gasteiger partial charge in [0.15, 0.2) is 0 Å². The average molecular weight is 1640 g/mol. The second-order valence-electron chi connectivity index (χ2n) is 27.8. The summed E-state index contributed by atoms with van der Waals surface area (Å²) in [6, 6.07) is 9.56. The lowest BCUT2D eigenvalue weighted by Crippen LogP contribution is -2.49. The molecule has 6 atom stereocenters. The SMILES string of the molecule is CC(C)(C)OC(=O)N[C@@H]1CCCN(CCF)C1.CC(C)(C)OC(=O)N[C@@H]1CCCNC1.COC(=O)c1cccn([C@@H]2CCCN(CCF)C2)c1=O.COC(=O)c1cccoc1=O.Cl.Cl.FCCBr.N[C@@H]1CCCN(CCF)C1.N[C@@H]1CCCN(CCF)C1.O=C(O)c1cccn([C@@H]2CCCN(CCF)C2)c1=O. The maximum atomic E-state index is 12.4. The lowest BCUT2D eigenvalue weighted by Gasteiger charge is -2.33. The fourth-order valence-electron chi connectivity index (χ4n) is 12.1. The zero-order chi connectivity index (χ0) is 78.3. The molecule has 0 saturated carbocycles. The Morgan fingerprint density at radius 1 is 0.533 bits per heavy atom. The van der Waals surface area contributed by atoms with Gasteiger partial charge in [-0.05, 0) is 194 Å². The number of carboxylic acid groups (broad SMARTS) is 1. The van der Waals surface area contributed by atoms with E-state index in [9.17, 15) is 64.7 Å². The molecular weight excluding hydrogens is 1520 g/mol. The summed E-state index contributed by atoms with van der Waals surface area (Å²) in [5.41, 5.74) is 8.72. The zero-order valence-corrected chi connectivity index (χ0v) is 66.8. The number of likely N-dealkylation sites (tertiary alicyclic amines) is 5. The number of hydrogen-bond acceptors (Lipinski definition) is 21. The van der Waals surface area contributed by atoms with E-state index in [1.165, 1.54) is 49.3 Å². The van der Waals surface area contributed by atoms with E-state index in [2.05, 4.69) is 55.6 Å². The van der Waals surface area contributed by atoms with E-state index >= 15 is 0 Å². The lowest BCUT2D eigenvalue weighted by molar-refractivity contribution is 0.0465. The number of nitrogens with two attached hydrogens (primary N) is 2. The molecule has 6 fully saturated rings. The van der Waals surface area contributed by atoms with Gasteiger partial charge in [0.2, 0.25) is 0 Å². The molecule has 6 aliphatic heterocycles. The molecule has 3 aromatic rings. The number of amides is 2. The quantitative estimate of drug-likeness (QED) is 0.0299. The number of carboxylic acids is 1. The van der Waals surface area contributed by atoms with Gasteiger partial charge in [0, 0.05) is 126 Å². The summed E-state index contributed by atoms with van der Waals surface area (Å²) in [7, 11) is 2.46. The number of carbonyl (C=O) groups excluding carboxylic acids is 4. The molecule has 616 valence electrons. The van der Waals surface area contributed by atoms with Gasteiger partial charge in [0.1, 0.15) is 61.3 Å². The van der Waals surface area contributed by atoms with Crippen molar-refractivity contribution in [3.8, 4) is 0 Å². The highest BCUT2D eigenvalue weighted by Gasteiger charge is 2.28. The van der Waals surface area contributed by atoms with E-state index in [0.717, 1.165) is 136 Å². The van der Waals surface area contributed by atoms with Gasteiger partial charge in [0.25, 0.3) is 11.1 Å². The first kappa shape index (κ1) is 101. The number of alkyl halides is 7. The smallest absolute Gasteiger partial charge is 0.407 e. The minimum atomic E-state index is -1.21. The number of piperidine rings is 6. The Morgan fingerprint density at radius 2 is 0.897 bits per heavy atom. The Morgan fingerprint density at radius 3 is 1.27 bits per heavy atom. The zero-order valence-electron chi connectivity index (χ0n) is 63.6. The first-order chi connectivity index (χ1) is 50.0. The molecule has 0 radical (unpaired) electrons. The summed E-state index contributed by atoms with van der Waals surface area (Å²) in [5.74, 6) is -2.52. The third-order valence-corrected chi connectivity index (χ3v) is 17.2. The summed E-state index contributed by atoms with van der Waals surface area (Å²) in [6.45, 7) is 21.8. The van der Waals surface area contributed by atoms with E-state index < -0.39 is 47.0 Å². The van der Waals surface area contributed by atoms with Crippen LogP contribution in [-0.4, -0.2) is 275 Å². The first-order valence-corrected chi connectivity index (χ1v) is 37.3.